The molecule has 0 aliphatic heterocycles. The van der Waals surface area contributed by atoms with Crippen LogP contribution in [0.2, 0.25) is 0 Å². The predicted octanol–water partition coefficient (Wildman–Crippen LogP) is 0.441. The van der Waals surface area contributed by atoms with Crippen LogP contribution in [0.4, 0.5) is 0 Å². The first-order valence-electron chi connectivity index (χ1n) is 14.4. The molecule has 0 aliphatic rings. The molecule has 274 valence electrons. The summed E-state index contributed by atoms with van der Waals surface area (Å²) >= 11 is 6.81. The van der Waals surface area contributed by atoms with E-state index < -0.39 is 20.0 Å². The largest absolute Gasteiger partial charge is 1.00 e. The molecule has 3 N–H and O–H groups in total. The monoisotopic (exact) mass is 916 g/mol. The first-order chi connectivity index (χ1) is 24.6. The fourth-order valence-electron chi connectivity index (χ4n) is 3.40. The summed E-state index contributed by atoms with van der Waals surface area (Å²) in [5.41, 5.74) is 23.5. The number of sulfonamides is 2. The van der Waals surface area contributed by atoms with E-state index in [-0.39, 0.29) is 120 Å². The van der Waals surface area contributed by atoms with Crippen LogP contribution in [0, 0.1) is 0 Å². The van der Waals surface area contributed by atoms with Crippen LogP contribution in [0.3, 0.4) is 0 Å². The second kappa shape index (κ2) is 33.4. The van der Waals surface area contributed by atoms with Crippen molar-refractivity contribution >= 4 is 66.0 Å². The van der Waals surface area contributed by atoms with Gasteiger partial charge in [-0.3, -0.25) is 4.79 Å². The van der Waals surface area contributed by atoms with Gasteiger partial charge in [0, 0.05) is 65.1 Å². The third-order valence-corrected chi connectivity index (χ3v) is 10.7. The molecule has 4 aromatic rings. The van der Waals surface area contributed by atoms with Crippen molar-refractivity contribution in [3.05, 3.63) is 141 Å². The van der Waals surface area contributed by atoms with Crippen LogP contribution in [-0.2, 0) is 41.6 Å². The van der Waals surface area contributed by atoms with E-state index >= 15 is 0 Å². The van der Waals surface area contributed by atoms with Crippen molar-refractivity contribution in [2.24, 2.45) is 14.8 Å². The average Bonchev–Trinajstić information content (AvgIpc) is 3.15. The molecule has 0 saturated heterocycles. The number of rotatable bonds is 15. The standard InChI is InChI=1S/C15H16N4O2S2.C8H11NS.C7H6BrN3O2S.CH2O3.2K.H/c16-18-19-23(20,21)15-8-6-13(7-9-15)12-17-10-11-22-14-4-2-1-3-5-14;9-6-7-10-8-4-2-1-3-5-8;8-5-6-1-3-7(4-2-6)14(12,13)11-10-9;2-1-4-3;;;/h1-9,17H,10-12H2;1-5H,6-7,9H2;1-4H,5H2;1,3H;;;/q;;;;2*+1;-1/p-1. The maximum atomic E-state index is 11.5. The van der Waals surface area contributed by atoms with Gasteiger partial charge in [0.1, 0.15) is 0 Å². The van der Waals surface area contributed by atoms with Crippen molar-refractivity contribution in [3.8, 4) is 0 Å². The smallest absolute Gasteiger partial charge is 1.00 e. The molecule has 0 amide bonds. The van der Waals surface area contributed by atoms with Gasteiger partial charge in [-0.25, -0.2) is 16.8 Å². The molecule has 0 atom stereocenters. The number of carbonyl (C=O) groups excluding carboxylic acids is 1. The van der Waals surface area contributed by atoms with Gasteiger partial charge in [0.15, 0.2) is 0 Å². The van der Waals surface area contributed by atoms with Crippen molar-refractivity contribution in [3.63, 3.8) is 0 Å². The van der Waals surface area contributed by atoms with E-state index in [1.807, 2.05) is 36.4 Å². The van der Waals surface area contributed by atoms with E-state index in [2.05, 4.69) is 69.3 Å². The number of alkyl halides is 1. The molecular formula is C31H35BrK2N8O7S4. The van der Waals surface area contributed by atoms with E-state index in [0.717, 1.165) is 35.7 Å². The molecule has 15 nitrogen and oxygen atoms in total. The minimum absolute atomic E-state index is 0. The minimum atomic E-state index is -3.90. The number of thioether (sulfide) groups is 2. The Morgan fingerprint density at radius 3 is 1.51 bits per heavy atom. The van der Waals surface area contributed by atoms with Gasteiger partial charge in [0.25, 0.3) is 26.5 Å². The third-order valence-electron chi connectivity index (χ3n) is 5.67. The molecule has 0 saturated carbocycles. The maximum absolute atomic E-state index is 11.5. The first kappa shape index (κ1) is 54.3. The van der Waals surface area contributed by atoms with E-state index in [4.69, 9.17) is 26.8 Å². The summed E-state index contributed by atoms with van der Waals surface area (Å²) in [5, 5.41) is 12.4. The molecule has 22 heteroatoms. The van der Waals surface area contributed by atoms with E-state index in [0.29, 0.717) is 11.9 Å². The van der Waals surface area contributed by atoms with E-state index in [1.165, 1.54) is 34.1 Å². The van der Waals surface area contributed by atoms with Crippen LogP contribution in [0.15, 0.2) is 138 Å². The number of carbonyl (C=O) groups is 1. The Morgan fingerprint density at radius 1 is 0.755 bits per heavy atom. The van der Waals surface area contributed by atoms with Gasteiger partial charge >= 0.3 is 103 Å². The van der Waals surface area contributed by atoms with Gasteiger partial charge in [-0.1, -0.05) is 76.6 Å². The molecule has 0 spiro atoms. The van der Waals surface area contributed by atoms with Crippen LogP contribution in [0.5, 0.6) is 0 Å². The summed E-state index contributed by atoms with van der Waals surface area (Å²) in [6.07, 6.45) is 0. The van der Waals surface area contributed by atoms with Crippen LogP contribution in [-0.4, -0.2) is 47.9 Å². The number of benzene rings is 4. The van der Waals surface area contributed by atoms with Gasteiger partial charge in [-0.05, 0) is 70.7 Å². The number of azide groups is 2. The van der Waals surface area contributed by atoms with Crippen molar-refractivity contribution in [1.29, 1.82) is 0 Å². The number of hydrogen-bond donors (Lipinski definition) is 2. The maximum Gasteiger partial charge on any atom is 1.00 e. The number of nitrogens with zero attached hydrogens (tertiary/aromatic N) is 6. The van der Waals surface area contributed by atoms with Crippen LogP contribution >= 0.6 is 39.5 Å². The van der Waals surface area contributed by atoms with Crippen molar-refractivity contribution in [2.75, 3.05) is 24.6 Å². The summed E-state index contributed by atoms with van der Waals surface area (Å²) in [4.78, 5) is 18.4. The van der Waals surface area contributed by atoms with E-state index in [9.17, 15) is 16.8 Å². The minimum Gasteiger partial charge on any atom is -1.00 e. The second-order valence-corrected chi connectivity index (χ2v) is 15.3. The quantitative estimate of drug-likeness (QED) is 0.0158. The Hall–Kier alpha value is -0.797. The van der Waals surface area contributed by atoms with Crippen LogP contribution < -0.4 is 119 Å². The SMILES string of the molecule is NCCSc1ccccc1.O=CO[O-].[H-].[K+].[K+].[N-]=[N+]=NS(=O)(=O)c1ccc(CBr)cc1.[N-]=[N+]=NS(=O)(=O)c1ccc(CNCCSc2ccccc2)cc1. The molecule has 0 heterocycles. The summed E-state index contributed by atoms with van der Waals surface area (Å²) < 4.78 is 51.0. The summed E-state index contributed by atoms with van der Waals surface area (Å²) in [6.45, 7) is 2.06. The Kier molecular flexibility index (Phi) is 34.2. The topological polar surface area (TPSA) is 253 Å². The zero-order chi connectivity index (χ0) is 37.8. The van der Waals surface area contributed by atoms with Gasteiger partial charge < -0.3 is 22.6 Å². The Balaban J connectivity index is -0.000000720. The number of hydrogen-bond acceptors (Lipinski definition) is 11. The Bertz CT molecular complexity index is 1900. The van der Waals surface area contributed by atoms with Gasteiger partial charge in [-0.2, -0.15) is 0 Å². The molecule has 0 unspecified atom stereocenters. The first-order valence-corrected chi connectivity index (χ1v) is 20.4. The van der Waals surface area contributed by atoms with Crippen molar-refractivity contribution in [2.45, 2.75) is 31.5 Å². The predicted molar refractivity (Wildman–Crippen MR) is 202 cm³/mol. The summed E-state index contributed by atoms with van der Waals surface area (Å²) in [6, 6.07) is 32.9. The number of nitrogens with one attached hydrogen (secondary N) is 1. The fourth-order valence-corrected chi connectivity index (χ4v) is 6.65. The molecule has 4 rings (SSSR count). The zero-order valence-electron chi connectivity index (χ0n) is 29.8. The van der Waals surface area contributed by atoms with Crippen LogP contribution in [0.1, 0.15) is 12.6 Å². The van der Waals surface area contributed by atoms with Gasteiger partial charge in [0.05, 0.1) is 9.79 Å². The summed E-state index contributed by atoms with van der Waals surface area (Å²) in [5.74, 6) is 1.96. The Labute approximate surface area is 412 Å². The number of halogens is 1. The zero-order valence-corrected chi connectivity index (χ0v) is 39.9. The molecule has 0 fully saturated rings. The van der Waals surface area contributed by atoms with Crippen LogP contribution in [0.25, 0.3) is 20.9 Å². The molecule has 0 bridgehead atoms. The van der Waals surface area contributed by atoms with Crippen molar-refractivity contribution in [1.82, 2.24) is 5.32 Å². The molecule has 0 aromatic heterocycles. The molecule has 0 aliphatic carbocycles. The molecule has 0 radical (unpaired) electrons. The second-order valence-electron chi connectivity index (χ2n) is 9.19. The number of nitrogens with two attached hydrogens (primary N) is 1. The van der Waals surface area contributed by atoms with Gasteiger partial charge in [0.2, 0.25) is 0 Å². The normalized spacial score (nSPS) is 9.79. The fraction of sp³-hybridized carbons (Fsp3) is 0.194. The van der Waals surface area contributed by atoms with Gasteiger partial charge in [-0.15, -0.1) is 23.5 Å². The molecular weight excluding hydrogens is 883 g/mol. The average molecular weight is 918 g/mol. The third kappa shape index (κ3) is 25.2. The van der Waals surface area contributed by atoms with E-state index in [1.54, 1.807) is 47.8 Å². The molecule has 4 aromatic carbocycles. The molecule has 53 heavy (non-hydrogen) atoms. The Morgan fingerprint density at radius 2 is 1.15 bits per heavy atom. The van der Waals surface area contributed by atoms with Crippen molar-refractivity contribution < 1.29 is 136 Å². The summed E-state index contributed by atoms with van der Waals surface area (Å²) in [7, 11) is -7.74.